The Hall–Kier alpha value is -1.81. The monoisotopic (exact) mass is 225 g/mol. The molecule has 2 N–H and O–H groups in total. The van der Waals surface area contributed by atoms with Crippen molar-refractivity contribution in [1.29, 1.82) is 0 Å². The van der Waals surface area contributed by atoms with Gasteiger partial charge < -0.3 is 10.4 Å². The lowest BCUT2D eigenvalue weighted by atomic mass is 10.3. The first-order chi connectivity index (χ1) is 7.09. The maximum absolute atomic E-state index is 11.2. The van der Waals surface area contributed by atoms with Crippen molar-refractivity contribution in [2.75, 3.05) is 5.32 Å². The SMILES string of the molecule is O=C(/C=C(/Cl)C(=O)O)Nc1ccccc1. The lowest BCUT2D eigenvalue weighted by molar-refractivity contribution is -0.132. The largest absolute Gasteiger partial charge is 0.477 e. The Morgan fingerprint density at radius 1 is 1.27 bits per heavy atom. The highest BCUT2D eigenvalue weighted by Crippen LogP contribution is 2.06. The molecule has 0 aliphatic rings. The molecule has 0 aliphatic carbocycles. The molecule has 0 bridgehead atoms. The summed E-state index contributed by atoms with van der Waals surface area (Å²) < 4.78 is 0. The number of benzene rings is 1. The quantitative estimate of drug-likeness (QED) is 0.772. The van der Waals surface area contributed by atoms with Crippen molar-refractivity contribution in [1.82, 2.24) is 0 Å². The molecule has 0 aliphatic heterocycles. The molecular formula is C10H8ClNO3. The smallest absolute Gasteiger partial charge is 0.347 e. The predicted molar refractivity (Wildman–Crippen MR) is 56.6 cm³/mol. The number of carboxylic acid groups (broad SMARTS) is 1. The minimum atomic E-state index is -1.33. The molecule has 0 spiro atoms. The topological polar surface area (TPSA) is 66.4 Å². The summed E-state index contributed by atoms with van der Waals surface area (Å²) in [4.78, 5) is 21.5. The van der Waals surface area contributed by atoms with E-state index in [9.17, 15) is 9.59 Å². The second-order valence-electron chi connectivity index (χ2n) is 2.65. The average Bonchev–Trinajstić information content (AvgIpc) is 2.18. The van der Waals surface area contributed by atoms with Crippen LogP contribution in [0.4, 0.5) is 5.69 Å². The van der Waals surface area contributed by atoms with Crippen molar-refractivity contribution in [2.45, 2.75) is 0 Å². The van der Waals surface area contributed by atoms with Crippen LogP contribution in [-0.4, -0.2) is 17.0 Å². The Bertz CT molecular complexity index is 400. The van der Waals surface area contributed by atoms with Gasteiger partial charge in [-0.25, -0.2) is 4.79 Å². The fourth-order valence-corrected chi connectivity index (χ4v) is 0.976. The highest BCUT2D eigenvalue weighted by Gasteiger charge is 2.06. The van der Waals surface area contributed by atoms with E-state index in [1.165, 1.54) is 0 Å². The number of halogens is 1. The van der Waals surface area contributed by atoms with Crippen LogP contribution in [0.1, 0.15) is 0 Å². The molecule has 4 nitrogen and oxygen atoms in total. The molecule has 0 atom stereocenters. The molecule has 0 heterocycles. The molecule has 0 radical (unpaired) electrons. The van der Waals surface area contributed by atoms with Gasteiger partial charge in [-0.1, -0.05) is 29.8 Å². The van der Waals surface area contributed by atoms with Crippen LogP contribution in [0.15, 0.2) is 41.4 Å². The molecule has 1 aromatic carbocycles. The number of anilines is 1. The molecular weight excluding hydrogens is 218 g/mol. The Morgan fingerprint density at radius 2 is 1.87 bits per heavy atom. The summed E-state index contributed by atoms with van der Waals surface area (Å²) >= 11 is 5.28. The fourth-order valence-electron chi connectivity index (χ4n) is 0.877. The number of nitrogens with one attached hydrogen (secondary N) is 1. The number of carboxylic acids is 1. The van der Waals surface area contributed by atoms with E-state index in [0.29, 0.717) is 5.69 Å². The van der Waals surface area contributed by atoms with E-state index in [0.717, 1.165) is 6.08 Å². The highest BCUT2D eigenvalue weighted by atomic mass is 35.5. The first-order valence-electron chi connectivity index (χ1n) is 4.06. The summed E-state index contributed by atoms with van der Waals surface area (Å²) in [6.45, 7) is 0. The molecule has 0 saturated carbocycles. The van der Waals surface area contributed by atoms with Gasteiger partial charge in [0, 0.05) is 11.8 Å². The van der Waals surface area contributed by atoms with Gasteiger partial charge in [0.2, 0.25) is 5.91 Å². The maximum Gasteiger partial charge on any atom is 0.347 e. The van der Waals surface area contributed by atoms with Gasteiger partial charge in [0.15, 0.2) is 0 Å². The number of para-hydroxylation sites is 1. The summed E-state index contributed by atoms with van der Waals surface area (Å²) in [7, 11) is 0. The fraction of sp³-hybridized carbons (Fsp3) is 0. The minimum absolute atomic E-state index is 0.525. The lowest BCUT2D eigenvalue weighted by Crippen LogP contribution is -2.09. The molecule has 0 fully saturated rings. The number of aliphatic carboxylic acids is 1. The molecule has 78 valence electrons. The van der Waals surface area contributed by atoms with E-state index in [1.54, 1.807) is 30.3 Å². The zero-order valence-electron chi connectivity index (χ0n) is 7.61. The van der Waals surface area contributed by atoms with E-state index in [2.05, 4.69) is 5.32 Å². The summed E-state index contributed by atoms with van der Waals surface area (Å²) in [6.07, 6.45) is 0.816. The Morgan fingerprint density at radius 3 is 2.40 bits per heavy atom. The van der Waals surface area contributed by atoms with Crippen LogP contribution in [-0.2, 0) is 9.59 Å². The van der Waals surface area contributed by atoms with Gasteiger partial charge in [0.05, 0.1) is 0 Å². The second-order valence-corrected chi connectivity index (χ2v) is 3.06. The normalized spacial score (nSPS) is 10.9. The minimum Gasteiger partial charge on any atom is -0.477 e. The number of carbonyl (C=O) groups is 2. The predicted octanol–water partition coefficient (Wildman–Crippen LogP) is 1.83. The van der Waals surface area contributed by atoms with Crippen molar-refractivity contribution in [3.8, 4) is 0 Å². The van der Waals surface area contributed by atoms with Crippen LogP contribution >= 0.6 is 11.6 Å². The van der Waals surface area contributed by atoms with Crippen LogP contribution in [0.3, 0.4) is 0 Å². The van der Waals surface area contributed by atoms with E-state index in [1.807, 2.05) is 0 Å². The van der Waals surface area contributed by atoms with Gasteiger partial charge in [-0.2, -0.15) is 0 Å². The summed E-state index contributed by atoms with van der Waals surface area (Å²) in [5.74, 6) is -1.91. The van der Waals surface area contributed by atoms with E-state index >= 15 is 0 Å². The van der Waals surface area contributed by atoms with Crippen molar-refractivity contribution in [3.05, 3.63) is 41.4 Å². The number of carbonyl (C=O) groups excluding carboxylic acids is 1. The zero-order chi connectivity index (χ0) is 11.3. The first-order valence-corrected chi connectivity index (χ1v) is 4.44. The van der Waals surface area contributed by atoms with Crippen LogP contribution in [0.5, 0.6) is 0 Å². The van der Waals surface area contributed by atoms with E-state index < -0.39 is 16.9 Å². The van der Waals surface area contributed by atoms with Gasteiger partial charge in [0.25, 0.3) is 0 Å². The number of rotatable bonds is 3. The molecule has 1 amide bonds. The standard InChI is InChI=1S/C10H8ClNO3/c11-8(10(14)15)6-9(13)12-7-4-2-1-3-5-7/h1-6H,(H,12,13)(H,14,15)/b8-6+. The number of hydrogen-bond donors (Lipinski definition) is 2. The molecule has 0 saturated heterocycles. The summed E-state index contributed by atoms with van der Waals surface area (Å²) in [5.41, 5.74) is 0.577. The average molecular weight is 226 g/mol. The molecule has 1 rings (SSSR count). The molecule has 0 aromatic heterocycles. The van der Waals surface area contributed by atoms with Crippen LogP contribution in [0.2, 0.25) is 0 Å². The third kappa shape index (κ3) is 3.83. The maximum atomic E-state index is 11.2. The number of hydrogen-bond acceptors (Lipinski definition) is 2. The molecule has 15 heavy (non-hydrogen) atoms. The Kier molecular flexibility index (Phi) is 3.88. The zero-order valence-corrected chi connectivity index (χ0v) is 8.36. The lowest BCUT2D eigenvalue weighted by Gasteiger charge is -2.00. The van der Waals surface area contributed by atoms with Gasteiger partial charge in [-0.3, -0.25) is 4.79 Å². The molecule has 1 aromatic rings. The van der Waals surface area contributed by atoms with E-state index in [4.69, 9.17) is 16.7 Å². The third-order valence-electron chi connectivity index (χ3n) is 1.50. The van der Waals surface area contributed by atoms with Gasteiger partial charge in [-0.05, 0) is 12.1 Å². The Labute approximate surface area is 91.2 Å². The van der Waals surface area contributed by atoms with Crippen LogP contribution in [0, 0.1) is 0 Å². The van der Waals surface area contributed by atoms with Crippen molar-refractivity contribution in [2.24, 2.45) is 0 Å². The number of amides is 1. The first kappa shape index (κ1) is 11.3. The summed E-state index contributed by atoms with van der Waals surface area (Å²) in [5, 5.41) is 10.4. The molecule has 5 heteroatoms. The van der Waals surface area contributed by atoms with Crippen molar-refractivity contribution >= 4 is 29.2 Å². The van der Waals surface area contributed by atoms with Gasteiger partial charge >= 0.3 is 5.97 Å². The van der Waals surface area contributed by atoms with Crippen LogP contribution in [0.25, 0.3) is 0 Å². The van der Waals surface area contributed by atoms with Crippen molar-refractivity contribution < 1.29 is 14.7 Å². The molecule has 0 unspecified atom stereocenters. The van der Waals surface area contributed by atoms with Crippen molar-refractivity contribution in [3.63, 3.8) is 0 Å². The van der Waals surface area contributed by atoms with Gasteiger partial charge in [-0.15, -0.1) is 0 Å². The summed E-state index contributed by atoms with van der Waals surface area (Å²) in [6, 6.07) is 8.66. The highest BCUT2D eigenvalue weighted by molar-refractivity contribution is 6.42. The second kappa shape index (κ2) is 5.17. The Balaban J connectivity index is 2.65. The van der Waals surface area contributed by atoms with Crippen LogP contribution < -0.4 is 5.32 Å². The van der Waals surface area contributed by atoms with Gasteiger partial charge in [0.1, 0.15) is 5.03 Å². The third-order valence-corrected chi connectivity index (χ3v) is 1.77. The van der Waals surface area contributed by atoms with E-state index in [-0.39, 0.29) is 0 Å².